The largest absolute Gasteiger partial charge is 0.462 e. The summed E-state index contributed by atoms with van der Waals surface area (Å²) < 4.78 is 10.8. The van der Waals surface area contributed by atoms with Crippen LogP contribution in [0.1, 0.15) is 35.0 Å². The molecule has 0 spiro atoms. The number of carbonyl (C=O) groups is 3. The molecule has 2 aliphatic rings. The molecule has 0 saturated carbocycles. The predicted molar refractivity (Wildman–Crippen MR) is 131 cm³/mol. The van der Waals surface area contributed by atoms with E-state index >= 15 is 0 Å². The zero-order valence-corrected chi connectivity index (χ0v) is 20.5. The van der Waals surface area contributed by atoms with Crippen molar-refractivity contribution in [2.45, 2.75) is 32.8 Å². The molecule has 1 N–H and O–H groups in total. The Morgan fingerprint density at radius 2 is 1.88 bits per heavy atom. The van der Waals surface area contributed by atoms with E-state index in [0.717, 1.165) is 28.8 Å². The average molecular weight is 486 g/mol. The van der Waals surface area contributed by atoms with Gasteiger partial charge in [-0.1, -0.05) is 30.3 Å². The molecule has 9 heteroatoms. The molecular formula is C25H31N3O5S. The molecule has 2 amide bonds. The number of esters is 1. The first-order valence-corrected chi connectivity index (χ1v) is 12.6. The second-order valence-electron chi connectivity index (χ2n) is 8.48. The van der Waals surface area contributed by atoms with Crippen LogP contribution in [0.2, 0.25) is 0 Å². The summed E-state index contributed by atoms with van der Waals surface area (Å²) in [4.78, 5) is 43.1. The standard InChI is InChI=1S/C25H31N3O5S/c1-3-32-25(31)22-21(18-8-5-4-6-9-18)17(2)34-23(22)26-20(29)16-27-11-13-28(14-12-27)24(30)19-10-7-15-33-19/h4-6,8-9,19H,3,7,10-16H2,1-2H3,(H,26,29)/t19-/m1/s1. The lowest BCUT2D eigenvalue weighted by molar-refractivity contribution is -0.142. The van der Waals surface area contributed by atoms with Gasteiger partial charge in [0.05, 0.1) is 13.2 Å². The normalized spacial score (nSPS) is 18.6. The summed E-state index contributed by atoms with van der Waals surface area (Å²) in [7, 11) is 0. The van der Waals surface area contributed by atoms with Gasteiger partial charge in [0.15, 0.2) is 0 Å². The molecule has 0 unspecified atom stereocenters. The summed E-state index contributed by atoms with van der Waals surface area (Å²) in [6.07, 6.45) is 1.41. The lowest BCUT2D eigenvalue weighted by atomic mass is 10.0. The van der Waals surface area contributed by atoms with Crippen LogP contribution in [0.3, 0.4) is 0 Å². The van der Waals surface area contributed by atoms with Crippen LogP contribution in [-0.4, -0.2) is 79.6 Å². The zero-order chi connectivity index (χ0) is 24.1. The first kappa shape index (κ1) is 24.4. The van der Waals surface area contributed by atoms with Crippen LogP contribution >= 0.6 is 11.3 Å². The van der Waals surface area contributed by atoms with Crippen molar-refractivity contribution >= 4 is 34.1 Å². The first-order valence-electron chi connectivity index (χ1n) is 11.8. The number of aryl methyl sites for hydroxylation is 1. The summed E-state index contributed by atoms with van der Waals surface area (Å²) in [5, 5.41) is 3.45. The highest BCUT2D eigenvalue weighted by Gasteiger charge is 2.31. The van der Waals surface area contributed by atoms with E-state index in [9.17, 15) is 14.4 Å². The third-order valence-corrected chi connectivity index (χ3v) is 7.16. The van der Waals surface area contributed by atoms with Crippen molar-refractivity contribution in [3.63, 3.8) is 0 Å². The average Bonchev–Trinajstić information content (AvgIpc) is 3.48. The molecule has 0 radical (unpaired) electrons. The summed E-state index contributed by atoms with van der Waals surface area (Å²) in [6.45, 7) is 7.21. The van der Waals surface area contributed by atoms with Gasteiger partial charge in [0.2, 0.25) is 5.91 Å². The number of rotatable bonds is 7. The predicted octanol–water partition coefficient (Wildman–Crippen LogP) is 3.16. The molecule has 0 bridgehead atoms. The van der Waals surface area contributed by atoms with Gasteiger partial charge in [-0.25, -0.2) is 4.79 Å². The van der Waals surface area contributed by atoms with Gasteiger partial charge in [-0.05, 0) is 32.3 Å². The number of nitrogens with zero attached hydrogens (tertiary/aromatic N) is 2. The molecule has 1 atom stereocenters. The number of benzene rings is 1. The Labute approximate surface area is 203 Å². The highest BCUT2D eigenvalue weighted by molar-refractivity contribution is 7.17. The Morgan fingerprint density at radius 3 is 2.53 bits per heavy atom. The number of nitrogens with one attached hydrogen (secondary N) is 1. The maximum absolute atomic E-state index is 12.9. The van der Waals surface area contributed by atoms with E-state index in [1.165, 1.54) is 11.3 Å². The highest BCUT2D eigenvalue weighted by Crippen LogP contribution is 2.40. The van der Waals surface area contributed by atoms with E-state index in [4.69, 9.17) is 9.47 Å². The lowest BCUT2D eigenvalue weighted by Gasteiger charge is -2.35. The van der Waals surface area contributed by atoms with Gasteiger partial charge in [-0.15, -0.1) is 11.3 Å². The third kappa shape index (κ3) is 5.48. The third-order valence-electron chi connectivity index (χ3n) is 6.14. The number of anilines is 1. The number of hydrogen-bond donors (Lipinski definition) is 1. The van der Waals surface area contributed by atoms with Crippen LogP contribution < -0.4 is 5.32 Å². The molecular weight excluding hydrogens is 454 g/mol. The van der Waals surface area contributed by atoms with Gasteiger partial charge >= 0.3 is 5.97 Å². The Hall–Kier alpha value is -2.75. The number of amides is 2. The minimum Gasteiger partial charge on any atom is -0.462 e. The lowest BCUT2D eigenvalue weighted by Crippen LogP contribution is -2.52. The summed E-state index contributed by atoms with van der Waals surface area (Å²) in [6, 6.07) is 9.65. The second-order valence-corrected chi connectivity index (χ2v) is 9.70. The van der Waals surface area contributed by atoms with Gasteiger partial charge in [0.1, 0.15) is 16.7 Å². The van der Waals surface area contributed by atoms with E-state index in [-0.39, 0.29) is 31.1 Å². The molecule has 1 aromatic carbocycles. The van der Waals surface area contributed by atoms with Gasteiger partial charge in [-0.3, -0.25) is 14.5 Å². The van der Waals surface area contributed by atoms with Crippen molar-refractivity contribution < 1.29 is 23.9 Å². The molecule has 182 valence electrons. The minimum atomic E-state index is -0.442. The van der Waals surface area contributed by atoms with Crippen LogP contribution in [0.15, 0.2) is 30.3 Å². The Balaban J connectivity index is 1.41. The number of thiophene rings is 1. The van der Waals surface area contributed by atoms with E-state index < -0.39 is 5.97 Å². The zero-order valence-electron chi connectivity index (χ0n) is 19.7. The number of ether oxygens (including phenoxy) is 2. The van der Waals surface area contributed by atoms with Crippen LogP contribution in [0.4, 0.5) is 5.00 Å². The molecule has 8 nitrogen and oxygen atoms in total. The molecule has 2 fully saturated rings. The van der Waals surface area contributed by atoms with E-state index in [0.29, 0.717) is 43.4 Å². The maximum Gasteiger partial charge on any atom is 0.341 e. The van der Waals surface area contributed by atoms with Crippen molar-refractivity contribution in [3.05, 3.63) is 40.8 Å². The Bertz CT molecular complexity index is 1020. The van der Waals surface area contributed by atoms with Crippen LogP contribution in [0.5, 0.6) is 0 Å². The SMILES string of the molecule is CCOC(=O)c1c(NC(=O)CN2CCN(C(=O)[C@H]3CCCO3)CC2)sc(C)c1-c1ccccc1. The molecule has 3 heterocycles. The van der Waals surface area contributed by atoms with Crippen LogP contribution in [0, 0.1) is 6.92 Å². The van der Waals surface area contributed by atoms with Crippen molar-refractivity contribution in [3.8, 4) is 11.1 Å². The second kappa shape index (κ2) is 11.1. The molecule has 1 aromatic heterocycles. The van der Waals surface area contributed by atoms with E-state index in [1.807, 2.05) is 47.1 Å². The smallest absolute Gasteiger partial charge is 0.341 e. The fourth-order valence-electron chi connectivity index (χ4n) is 4.45. The maximum atomic E-state index is 12.9. The molecule has 34 heavy (non-hydrogen) atoms. The monoisotopic (exact) mass is 485 g/mol. The van der Waals surface area contributed by atoms with Crippen molar-refractivity contribution in [1.82, 2.24) is 9.80 Å². The quantitative estimate of drug-likeness (QED) is 0.606. The molecule has 4 rings (SSSR count). The number of piperazine rings is 1. The van der Waals surface area contributed by atoms with E-state index in [1.54, 1.807) is 6.92 Å². The van der Waals surface area contributed by atoms with Gasteiger partial charge in [0.25, 0.3) is 5.91 Å². The highest BCUT2D eigenvalue weighted by atomic mass is 32.1. The number of carbonyl (C=O) groups excluding carboxylic acids is 3. The Kier molecular flexibility index (Phi) is 7.97. The molecule has 2 aliphatic heterocycles. The summed E-state index contributed by atoms with van der Waals surface area (Å²) in [5.41, 5.74) is 2.10. The Morgan fingerprint density at radius 1 is 1.15 bits per heavy atom. The molecule has 2 aromatic rings. The van der Waals surface area contributed by atoms with E-state index in [2.05, 4.69) is 5.32 Å². The summed E-state index contributed by atoms with van der Waals surface area (Å²) >= 11 is 1.38. The van der Waals surface area contributed by atoms with Crippen LogP contribution in [0.25, 0.3) is 11.1 Å². The first-order chi connectivity index (χ1) is 16.5. The molecule has 0 aliphatic carbocycles. The van der Waals surface area contributed by atoms with Crippen molar-refractivity contribution in [1.29, 1.82) is 0 Å². The topological polar surface area (TPSA) is 88.2 Å². The fraction of sp³-hybridized carbons (Fsp3) is 0.480. The van der Waals surface area contributed by atoms with Crippen molar-refractivity contribution in [2.24, 2.45) is 0 Å². The van der Waals surface area contributed by atoms with Crippen molar-refractivity contribution in [2.75, 3.05) is 51.3 Å². The van der Waals surface area contributed by atoms with Gasteiger partial charge < -0.3 is 19.7 Å². The summed E-state index contributed by atoms with van der Waals surface area (Å²) in [5.74, 6) is -0.573. The van der Waals surface area contributed by atoms with Crippen LogP contribution in [-0.2, 0) is 19.1 Å². The minimum absolute atomic E-state index is 0.0585. The fourth-order valence-corrected chi connectivity index (χ4v) is 5.54. The van der Waals surface area contributed by atoms with Gasteiger partial charge in [-0.2, -0.15) is 0 Å². The molecule has 2 saturated heterocycles. The van der Waals surface area contributed by atoms with Gasteiger partial charge in [0, 0.05) is 43.2 Å². The number of hydrogen-bond acceptors (Lipinski definition) is 7.